The SMILES string of the molecule is CCCOc1ccc(C(Cl)C2CCOCC2)cc1Br. The molecule has 19 heavy (non-hydrogen) atoms. The van der Waals surface area contributed by atoms with E-state index in [1.165, 1.54) is 0 Å². The minimum absolute atomic E-state index is 0.0559. The number of alkyl halides is 1. The zero-order valence-corrected chi connectivity index (χ0v) is 13.5. The van der Waals surface area contributed by atoms with E-state index in [-0.39, 0.29) is 5.38 Å². The molecular formula is C15H20BrClO2. The van der Waals surface area contributed by atoms with Gasteiger partial charge in [-0.2, -0.15) is 0 Å². The molecule has 1 aliphatic heterocycles. The lowest BCUT2D eigenvalue weighted by Gasteiger charge is -2.26. The van der Waals surface area contributed by atoms with Crippen LogP contribution in [0.25, 0.3) is 0 Å². The van der Waals surface area contributed by atoms with Crippen LogP contribution in [0.1, 0.15) is 37.1 Å². The monoisotopic (exact) mass is 346 g/mol. The molecule has 2 nitrogen and oxygen atoms in total. The fraction of sp³-hybridized carbons (Fsp3) is 0.600. The van der Waals surface area contributed by atoms with Gasteiger partial charge in [-0.25, -0.2) is 0 Å². The van der Waals surface area contributed by atoms with Gasteiger partial charge >= 0.3 is 0 Å². The molecule has 0 spiro atoms. The van der Waals surface area contributed by atoms with Gasteiger partial charge in [-0.05, 0) is 58.8 Å². The first-order valence-corrected chi connectivity index (χ1v) is 8.09. The highest BCUT2D eigenvalue weighted by molar-refractivity contribution is 9.10. The molecule has 1 atom stereocenters. The van der Waals surface area contributed by atoms with Crippen LogP contribution in [0.3, 0.4) is 0 Å². The number of halogens is 2. The highest BCUT2D eigenvalue weighted by Gasteiger charge is 2.24. The van der Waals surface area contributed by atoms with Crippen molar-refractivity contribution >= 4 is 27.5 Å². The summed E-state index contributed by atoms with van der Waals surface area (Å²) < 4.78 is 12.0. The molecule has 1 heterocycles. The topological polar surface area (TPSA) is 18.5 Å². The lowest BCUT2D eigenvalue weighted by atomic mass is 9.92. The van der Waals surface area contributed by atoms with Gasteiger partial charge in [0.1, 0.15) is 5.75 Å². The Bertz CT molecular complexity index is 405. The van der Waals surface area contributed by atoms with E-state index in [2.05, 4.69) is 35.0 Å². The second-order valence-electron chi connectivity index (χ2n) is 4.89. The first kappa shape index (κ1) is 15.1. The molecule has 0 N–H and O–H groups in total. The quantitative estimate of drug-likeness (QED) is 0.702. The fourth-order valence-electron chi connectivity index (χ4n) is 2.30. The van der Waals surface area contributed by atoms with Crippen molar-refractivity contribution in [3.05, 3.63) is 28.2 Å². The summed E-state index contributed by atoms with van der Waals surface area (Å²) >= 11 is 10.2. The van der Waals surface area contributed by atoms with Crippen molar-refractivity contribution in [3.8, 4) is 5.75 Å². The number of hydrogen-bond acceptors (Lipinski definition) is 2. The van der Waals surface area contributed by atoms with Gasteiger partial charge in [-0.3, -0.25) is 0 Å². The average molecular weight is 348 g/mol. The van der Waals surface area contributed by atoms with Crippen molar-refractivity contribution in [2.24, 2.45) is 5.92 Å². The Hall–Kier alpha value is -0.250. The molecule has 1 saturated heterocycles. The summed E-state index contributed by atoms with van der Waals surface area (Å²) in [6.07, 6.45) is 3.09. The highest BCUT2D eigenvalue weighted by Crippen LogP contribution is 2.38. The van der Waals surface area contributed by atoms with Crippen LogP contribution in [0.15, 0.2) is 22.7 Å². The van der Waals surface area contributed by atoms with E-state index in [0.717, 1.165) is 54.9 Å². The Morgan fingerprint density at radius 3 is 2.79 bits per heavy atom. The van der Waals surface area contributed by atoms with Gasteiger partial charge < -0.3 is 9.47 Å². The molecule has 2 rings (SSSR count). The number of benzene rings is 1. The maximum absolute atomic E-state index is 6.60. The van der Waals surface area contributed by atoms with Crippen molar-refractivity contribution in [2.45, 2.75) is 31.6 Å². The van der Waals surface area contributed by atoms with E-state index >= 15 is 0 Å². The van der Waals surface area contributed by atoms with E-state index in [4.69, 9.17) is 21.1 Å². The van der Waals surface area contributed by atoms with Gasteiger partial charge in [0.15, 0.2) is 0 Å². The van der Waals surface area contributed by atoms with Crippen LogP contribution in [0.5, 0.6) is 5.75 Å². The summed E-state index contributed by atoms with van der Waals surface area (Å²) in [6, 6.07) is 6.16. The zero-order chi connectivity index (χ0) is 13.7. The summed E-state index contributed by atoms with van der Waals surface area (Å²) in [5.74, 6) is 1.39. The van der Waals surface area contributed by atoms with Crippen molar-refractivity contribution in [1.29, 1.82) is 0 Å². The Morgan fingerprint density at radius 2 is 2.16 bits per heavy atom. The van der Waals surface area contributed by atoms with Crippen LogP contribution in [0.4, 0.5) is 0 Å². The van der Waals surface area contributed by atoms with E-state index in [1.807, 2.05) is 6.07 Å². The molecular weight excluding hydrogens is 328 g/mol. The largest absolute Gasteiger partial charge is 0.492 e. The van der Waals surface area contributed by atoms with E-state index in [0.29, 0.717) is 5.92 Å². The summed E-state index contributed by atoms with van der Waals surface area (Å²) in [7, 11) is 0. The van der Waals surface area contributed by atoms with Crippen LogP contribution in [-0.4, -0.2) is 19.8 Å². The first-order valence-electron chi connectivity index (χ1n) is 6.86. The van der Waals surface area contributed by atoms with E-state index < -0.39 is 0 Å². The molecule has 0 saturated carbocycles. The molecule has 0 aromatic heterocycles. The third-order valence-electron chi connectivity index (χ3n) is 3.42. The summed E-state index contributed by atoms with van der Waals surface area (Å²) in [5, 5.41) is 0.0559. The van der Waals surface area contributed by atoms with E-state index in [1.54, 1.807) is 0 Å². The standard InChI is InChI=1S/C15H20BrClO2/c1-2-7-19-14-4-3-12(10-13(14)16)15(17)11-5-8-18-9-6-11/h3-4,10-11,15H,2,5-9H2,1H3. The zero-order valence-electron chi connectivity index (χ0n) is 11.2. The van der Waals surface area contributed by atoms with Crippen molar-refractivity contribution < 1.29 is 9.47 Å². The molecule has 4 heteroatoms. The van der Waals surface area contributed by atoms with Crippen LogP contribution in [0, 0.1) is 5.92 Å². The molecule has 0 amide bonds. The minimum Gasteiger partial charge on any atom is -0.492 e. The van der Waals surface area contributed by atoms with Gasteiger partial charge in [-0.1, -0.05) is 13.0 Å². The van der Waals surface area contributed by atoms with Crippen LogP contribution in [-0.2, 0) is 4.74 Å². The van der Waals surface area contributed by atoms with Gasteiger partial charge in [-0.15, -0.1) is 11.6 Å². The fourth-order valence-corrected chi connectivity index (χ4v) is 3.20. The molecule has 1 aromatic rings. The molecule has 1 unspecified atom stereocenters. The van der Waals surface area contributed by atoms with Gasteiger partial charge in [0, 0.05) is 13.2 Å². The number of ether oxygens (including phenoxy) is 2. The summed E-state index contributed by atoms with van der Waals surface area (Å²) in [6.45, 7) is 4.49. The Kier molecular flexibility index (Phi) is 5.99. The predicted octanol–water partition coefficient (Wildman–Crippen LogP) is 4.94. The molecule has 1 fully saturated rings. The van der Waals surface area contributed by atoms with Crippen LogP contribution < -0.4 is 4.74 Å². The normalized spacial score (nSPS) is 18.3. The van der Waals surface area contributed by atoms with Crippen molar-refractivity contribution in [3.63, 3.8) is 0 Å². The lowest BCUT2D eigenvalue weighted by Crippen LogP contribution is -2.19. The molecule has 1 aromatic carbocycles. The van der Waals surface area contributed by atoms with Crippen LogP contribution in [0.2, 0.25) is 0 Å². The third kappa shape index (κ3) is 4.11. The number of rotatable bonds is 5. The first-order chi connectivity index (χ1) is 9.22. The molecule has 0 aliphatic carbocycles. The second kappa shape index (κ2) is 7.51. The van der Waals surface area contributed by atoms with Crippen molar-refractivity contribution in [2.75, 3.05) is 19.8 Å². The van der Waals surface area contributed by atoms with Crippen molar-refractivity contribution in [1.82, 2.24) is 0 Å². The molecule has 106 valence electrons. The maximum Gasteiger partial charge on any atom is 0.133 e. The van der Waals surface area contributed by atoms with Gasteiger partial charge in [0.2, 0.25) is 0 Å². The minimum atomic E-state index is 0.0559. The third-order valence-corrected chi connectivity index (χ3v) is 4.64. The maximum atomic E-state index is 6.60. The summed E-state index contributed by atoms with van der Waals surface area (Å²) in [5.41, 5.74) is 1.16. The van der Waals surface area contributed by atoms with Crippen LogP contribution >= 0.6 is 27.5 Å². The van der Waals surface area contributed by atoms with Gasteiger partial charge in [0.25, 0.3) is 0 Å². The molecule has 0 bridgehead atoms. The molecule has 1 aliphatic rings. The highest BCUT2D eigenvalue weighted by atomic mass is 79.9. The lowest BCUT2D eigenvalue weighted by molar-refractivity contribution is 0.0650. The Balaban J connectivity index is 2.05. The average Bonchev–Trinajstić information content (AvgIpc) is 2.46. The van der Waals surface area contributed by atoms with Gasteiger partial charge in [0.05, 0.1) is 16.5 Å². The Morgan fingerprint density at radius 1 is 1.42 bits per heavy atom. The predicted molar refractivity (Wildman–Crippen MR) is 82.1 cm³/mol. The Labute approximate surface area is 128 Å². The molecule has 0 radical (unpaired) electrons. The second-order valence-corrected chi connectivity index (χ2v) is 6.21. The summed E-state index contributed by atoms with van der Waals surface area (Å²) in [4.78, 5) is 0. The number of hydrogen-bond donors (Lipinski definition) is 0. The smallest absolute Gasteiger partial charge is 0.133 e. The van der Waals surface area contributed by atoms with E-state index in [9.17, 15) is 0 Å².